The van der Waals surface area contributed by atoms with Crippen LogP contribution in [0.25, 0.3) is 0 Å². The van der Waals surface area contributed by atoms with E-state index >= 15 is 0 Å². The quantitative estimate of drug-likeness (QED) is 0.794. The molecule has 0 radical (unpaired) electrons. The summed E-state index contributed by atoms with van der Waals surface area (Å²) < 4.78 is 11.2. The van der Waals surface area contributed by atoms with E-state index in [4.69, 9.17) is 9.47 Å². The van der Waals surface area contributed by atoms with Crippen molar-refractivity contribution >= 4 is 0 Å². The van der Waals surface area contributed by atoms with Crippen molar-refractivity contribution in [1.29, 1.82) is 0 Å². The summed E-state index contributed by atoms with van der Waals surface area (Å²) in [4.78, 5) is 0. The van der Waals surface area contributed by atoms with Crippen LogP contribution < -0.4 is 9.47 Å². The average Bonchev–Trinajstić information content (AvgIpc) is 2.07. The molecule has 0 unspecified atom stereocenters. The Kier molecular flexibility index (Phi) is 3.70. The van der Waals surface area contributed by atoms with Gasteiger partial charge in [-0.05, 0) is 41.5 Å². The van der Waals surface area contributed by atoms with Crippen LogP contribution in [0.1, 0.15) is 41.5 Å². The van der Waals surface area contributed by atoms with E-state index in [1.165, 1.54) is 12.1 Å². The maximum Gasteiger partial charge on any atom is 0.201 e. The molecule has 18 heavy (non-hydrogen) atoms. The molecule has 0 aliphatic carbocycles. The molecule has 102 valence electrons. The van der Waals surface area contributed by atoms with Gasteiger partial charge in [-0.2, -0.15) is 0 Å². The zero-order valence-electron chi connectivity index (χ0n) is 11.9. The molecule has 0 aromatic heterocycles. The van der Waals surface area contributed by atoms with Crippen LogP contribution in [0.4, 0.5) is 0 Å². The molecule has 0 aliphatic rings. The second-order valence-corrected chi connectivity index (χ2v) is 6.22. The Bertz CT molecular complexity index is 387. The average molecular weight is 254 g/mol. The Hall–Kier alpha value is -1.58. The van der Waals surface area contributed by atoms with Crippen molar-refractivity contribution < 1.29 is 19.7 Å². The maximum atomic E-state index is 10.1. The lowest BCUT2D eigenvalue weighted by Gasteiger charge is -2.25. The van der Waals surface area contributed by atoms with Crippen molar-refractivity contribution in [3.05, 3.63) is 12.1 Å². The van der Waals surface area contributed by atoms with E-state index in [2.05, 4.69) is 0 Å². The fraction of sp³-hybridized carbons (Fsp3) is 0.571. The molecule has 0 atom stereocenters. The number of ether oxygens (including phenoxy) is 2. The van der Waals surface area contributed by atoms with Crippen LogP contribution in [0.15, 0.2) is 12.1 Å². The standard InChI is InChI=1S/C14H22O4/c1-13(2,3)17-10-7-9(15)8-11(12(10)16)18-14(4,5)6/h7-8,15-16H,1-6H3. The third-order valence-corrected chi connectivity index (χ3v) is 1.86. The van der Waals surface area contributed by atoms with E-state index in [1.807, 2.05) is 41.5 Å². The monoisotopic (exact) mass is 254 g/mol. The summed E-state index contributed by atoms with van der Waals surface area (Å²) in [6.07, 6.45) is 0. The SMILES string of the molecule is CC(C)(C)Oc1cc(O)cc(OC(C)(C)C)c1O. The smallest absolute Gasteiger partial charge is 0.201 e. The van der Waals surface area contributed by atoms with Crippen LogP contribution in [0.3, 0.4) is 0 Å². The second kappa shape index (κ2) is 4.59. The van der Waals surface area contributed by atoms with E-state index in [-0.39, 0.29) is 23.0 Å². The van der Waals surface area contributed by atoms with Gasteiger partial charge < -0.3 is 19.7 Å². The molecular formula is C14H22O4. The topological polar surface area (TPSA) is 58.9 Å². The number of hydrogen-bond acceptors (Lipinski definition) is 4. The highest BCUT2D eigenvalue weighted by molar-refractivity contribution is 5.54. The van der Waals surface area contributed by atoms with Gasteiger partial charge >= 0.3 is 0 Å². The van der Waals surface area contributed by atoms with Gasteiger partial charge in [-0.3, -0.25) is 0 Å². The molecule has 1 rings (SSSR count). The zero-order valence-corrected chi connectivity index (χ0v) is 11.9. The normalized spacial score (nSPS) is 12.3. The highest BCUT2D eigenvalue weighted by Crippen LogP contribution is 2.42. The van der Waals surface area contributed by atoms with Gasteiger partial charge in [0.2, 0.25) is 5.75 Å². The van der Waals surface area contributed by atoms with E-state index in [0.717, 1.165) is 0 Å². The largest absolute Gasteiger partial charge is 0.508 e. The Morgan fingerprint density at radius 2 is 1.11 bits per heavy atom. The predicted molar refractivity (Wildman–Crippen MR) is 70.5 cm³/mol. The highest BCUT2D eigenvalue weighted by Gasteiger charge is 2.21. The van der Waals surface area contributed by atoms with Crippen molar-refractivity contribution in [3.8, 4) is 23.0 Å². The minimum absolute atomic E-state index is 0.00806. The summed E-state index contributed by atoms with van der Waals surface area (Å²) >= 11 is 0. The number of aromatic hydroxyl groups is 2. The molecule has 0 heterocycles. The van der Waals surface area contributed by atoms with Gasteiger partial charge in [0.05, 0.1) is 0 Å². The fourth-order valence-electron chi connectivity index (χ4n) is 1.38. The van der Waals surface area contributed by atoms with Crippen molar-refractivity contribution in [2.45, 2.75) is 52.7 Å². The van der Waals surface area contributed by atoms with Crippen LogP contribution in [0.5, 0.6) is 23.0 Å². The van der Waals surface area contributed by atoms with Crippen molar-refractivity contribution in [2.24, 2.45) is 0 Å². The first-order valence-electron chi connectivity index (χ1n) is 5.92. The van der Waals surface area contributed by atoms with Gasteiger partial charge in [-0.15, -0.1) is 0 Å². The lowest BCUT2D eigenvalue weighted by molar-refractivity contribution is 0.111. The van der Waals surface area contributed by atoms with Crippen LogP contribution >= 0.6 is 0 Å². The molecule has 0 aliphatic heterocycles. The number of phenols is 2. The molecule has 4 nitrogen and oxygen atoms in total. The Labute approximate surface area is 108 Å². The minimum Gasteiger partial charge on any atom is -0.508 e. The number of phenolic OH excluding ortho intramolecular Hbond substituents is 2. The predicted octanol–water partition coefficient (Wildman–Crippen LogP) is 3.45. The van der Waals surface area contributed by atoms with E-state index < -0.39 is 11.2 Å². The van der Waals surface area contributed by atoms with Gasteiger partial charge in [0.15, 0.2) is 11.5 Å². The van der Waals surface area contributed by atoms with Crippen molar-refractivity contribution in [2.75, 3.05) is 0 Å². The Morgan fingerprint density at radius 1 is 0.778 bits per heavy atom. The zero-order chi connectivity index (χ0) is 14.1. The summed E-state index contributed by atoms with van der Waals surface area (Å²) in [5.74, 6) is 0.312. The second-order valence-electron chi connectivity index (χ2n) is 6.22. The Morgan fingerprint density at radius 3 is 1.39 bits per heavy atom. The summed E-state index contributed by atoms with van der Waals surface area (Å²) in [6.45, 7) is 11.2. The highest BCUT2D eigenvalue weighted by atomic mass is 16.5. The lowest BCUT2D eigenvalue weighted by atomic mass is 10.1. The van der Waals surface area contributed by atoms with Crippen LogP contribution in [0, 0.1) is 0 Å². The summed E-state index contributed by atoms with van der Waals surface area (Å²) in [5, 5.41) is 19.7. The van der Waals surface area contributed by atoms with Gasteiger partial charge in [-0.1, -0.05) is 0 Å². The summed E-state index contributed by atoms with van der Waals surface area (Å²) in [7, 11) is 0. The van der Waals surface area contributed by atoms with Gasteiger partial charge in [0.1, 0.15) is 17.0 Å². The van der Waals surface area contributed by atoms with Crippen molar-refractivity contribution in [1.82, 2.24) is 0 Å². The van der Waals surface area contributed by atoms with Crippen LogP contribution in [-0.2, 0) is 0 Å². The molecule has 0 spiro atoms. The maximum absolute atomic E-state index is 10.1. The van der Waals surface area contributed by atoms with Gasteiger partial charge in [0.25, 0.3) is 0 Å². The summed E-state index contributed by atoms with van der Waals surface area (Å²) in [6, 6.07) is 2.74. The first-order valence-corrected chi connectivity index (χ1v) is 5.92. The number of hydrogen-bond donors (Lipinski definition) is 2. The van der Waals surface area contributed by atoms with Gasteiger partial charge in [0, 0.05) is 12.1 Å². The lowest BCUT2D eigenvalue weighted by Crippen LogP contribution is -2.24. The molecule has 2 N–H and O–H groups in total. The number of rotatable bonds is 2. The van der Waals surface area contributed by atoms with Crippen LogP contribution in [-0.4, -0.2) is 21.4 Å². The van der Waals surface area contributed by atoms with Crippen molar-refractivity contribution in [3.63, 3.8) is 0 Å². The molecule has 4 heteroatoms. The molecule has 1 aromatic rings. The summed E-state index contributed by atoms with van der Waals surface area (Å²) in [5.41, 5.74) is -0.936. The molecule has 0 fully saturated rings. The third kappa shape index (κ3) is 4.35. The van der Waals surface area contributed by atoms with Gasteiger partial charge in [-0.25, -0.2) is 0 Å². The first kappa shape index (κ1) is 14.5. The van der Waals surface area contributed by atoms with Crippen LogP contribution in [0.2, 0.25) is 0 Å². The Balaban J connectivity index is 3.14. The van der Waals surface area contributed by atoms with E-state index in [9.17, 15) is 10.2 Å². The van der Waals surface area contributed by atoms with E-state index in [0.29, 0.717) is 0 Å². The molecule has 0 saturated heterocycles. The fourth-order valence-corrected chi connectivity index (χ4v) is 1.38. The minimum atomic E-state index is -0.468. The molecule has 0 amide bonds. The first-order chi connectivity index (χ1) is 7.98. The third-order valence-electron chi connectivity index (χ3n) is 1.86. The molecule has 1 aromatic carbocycles. The molecule has 0 bridgehead atoms. The molecular weight excluding hydrogens is 232 g/mol. The van der Waals surface area contributed by atoms with E-state index in [1.54, 1.807) is 0 Å². The molecule has 0 saturated carbocycles. The number of benzene rings is 1.